The van der Waals surface area contributed by atoms with Gasteiger partial charge in [0.15, 0.2) is 16.4 Å². The molecule has 2 aromatic heterocycles. The van der Waals surface area contributed by atoms with E-state index in [-0.39, 0.29) is 6.04 Å². The second-order valence-corrected chi connectivity index (χ2v) is 8.85. The normalized spacial score (nSPS) is 16.4. The third-order valence-corrected chi connectivity index (χ3v) is 6.36. The zero-order valence-electron chi connectivity index (χ0n) is 18.5. The number of nitrogens with zero attached hydrogens (tertiary/aromatic N) is 6. The molecule has 0 radical (unpaired) electrons. The van der Waals surface area contributed by atoms with Gasteiger partial charge in [-0.1, -0.05) is 50.2 Å². The molecule has 2 aromatic carbocycles. The second-order valence-electron chi connectivity index (χ2n) is 8.46. The monoisotopic (exact) mass is 459 g/mol. The van der Waals surface area contributed by atoms with Gasteiger partial charge in [-0.25, -0.2) is 4.63 Å². The van der Waals surface area contributed by atoms with Crippen LogP contribution in [0.15, 0.2) is 65.3 Å². The SMILES string of the molecule is CC(C)C1CN(c2ccc(-c3ccccc3)nn2)CCN1C(=S)Nc1cccc2nonc12. The maximum Gasteiger partial charge on any atom is 0.173 e. The third-order valence-electron chi connectivity index (χ3n) is 6.02. The molecule has 1 saturated heterocycles. The molecule has 5 rings (SSSR count). The minimum atomic E-state index is 0.226. The fraction of sp³-hybridized carbons (Fsp3) is 0.292. The molecule has 1 fully saturated rings. The summed E-state index contributed by atoms with van der Waals surface area (Å²) < 4.78 is 4.88. The van der Waals surface area contributed by atoms with Crippen molar-refractivity contribution in [3.63, 3.8) is 0 Å². The van der Waals surface area contributed by atoms with Crippen molar-refractivity contribution >= 4 is 39.9 Å². The molecule has 0 saturated carbocycles. The van der Waals surface area contributed by atoms with Crippen LogP contribution >= 0.6 is 12.2 Å². The lowest BCUT2D eigenvalue weighted by atomic mass is 10.00. The smallest absolute Gasteiger partial charge is 0.173 e. The highest BCUT2D eigenvalue weighted by Gasteiger charge is 2.32. The van der Waals surface area contributed by atoms with Crippen LogP contribution in [0.3, 0.4) is 0 Å². The summed E-state index contributed by atoms with van der Waals surface area (Å²) in [6.07, 6.45) is 0. The standard InChI is InChI=1S/C24H25N7OS/c1-16(2)21-15-30(22-12-11-18(26-27-22)17-7-4-3-5-8-17)13-14-31(21)24(33)25-19-9-6-10-20-23(19)29-32-28-20/h3-12,16,21H,13-15H2,1-2H3,(H,25,33). The van der Waals surface area contributed by atoms with Crippen LogP contribution in [0.25, 0.3) is 22.3 Å². The van der Waals surface area contributed by atoms with Crippen LogP contribution in [0.4, 0.5) is 11.5 Å². The minimum Gasteiger partial charge on any atom is -0.351 e. The summed E-state index contributed by atoms with van der Waals surface area (Å²) in [5, 5.41) is 20.9. The summed E-state index contributed by atoms with van der Waals surface area (Å²) in [4.78, 5) is 4.54. The molecule has 1 aliphatic heterocycles. The Bertz CT molecular complexity index is 1240. The Kier molecular flexibility index (Phi) is 5.87. The van der Waals surface area contributed by atoms with E-state index in [9.17, 15) is 0 Å². The van der Waals surface area contributed by atoms with E-state index in [1.165, 1.54) is 0 Å². The Morgan fingerprint density at radius 2 is 1.85 bits per heavy atom. The van der Waals surface area contributed by atoms with Crippen LogP contribution in [-0.4, -0.2) is 56.2 Å². The lowest BCUT2D eigenvalue weighted by Gasteiger charge is -2.44. The number of piperazine rings is 1. The van der Waals surface area contributed by atoms with Crippen LogP contribution < -0.4 is 10.2 Å². The van der Waals surface area contributed by atoms with Crippen molar-refractivity contribution in [3.8, 4) is 11.3 Å². The maximum absolute atomic E-state index is 5.81. The topological polar surface area (TPSA) is 83.2 Å². The first kappa shape index (κ1) is 21.3. The molecular weight excluding hydrogens is 434 g/mol. The molecule has 0 spiro atoms. The summed E-state index contributed by atoms with van der Waals surface area (Å²) in [6, 6.07) is 20.1. The first-order chi connectivity index (χ1) is 16.1. The molecule has 1 aliphatic rings. The van der Waals surface area contributed by atoms with E-state index in [4.69, 9.17) is 16.8 Å². The van der Waals surface area contributed by atoms with Gasteiger partial charge in [-0.15, -0.1) is 10.2 Å². The van der Waals surface area contributed by atoms with Crippen LogP contribution in [0.1, 0.15) is 13.8 Å². The predicted octanol–water partition coefficient (Wildman–Crippen LogP) is 4.22. The molecular formula is C24H25N7OS. The highest BCUT2D eigenvalue weighted by molar-refractivity contribution is 7.80. The Morgan fingerprint density at radius 3 is 2.61 bits per heavy atom. The number of fused-ring (bicyclic) bond motifs is 1. The molecule has 1 unspecified atom stereocenters. The van der Waals surface area contributed by atoms with Crippen molar-refractivity contribution in [2.24, 2.45) is 5.92 Å². The van der Waals surface area contributed by atoms with Crippen LogP contribution in [-0.2, 0) is 0 Å². The fourth-order valence-corrected chi connectivity index (χ4v) is 4.53. The van der Waals surface area contributed by atoms with E-state index < -0.39 is 0 Å². The van der Waals surface area contributed by atoms with Gasteiger partial charge in [0.25, 0.3) is 0 Å². The Balaban J connectivity index is 1.30. The Labute approximate surface area is 197 Å². The molecule has 3 heterocycles. The third kappa shape index (κ3) is 4.36. The van der Waals surface area contributed by atoms with E-state index in [0.29, 0.717) is 22.1 Å². The number of hydrogen-bond acceptors (Lipinski definition) is 7. The highest BCUT2D eigenvalue weighted by atomic mass is 32.1. The van der Waals surface area contributed by atoms with Crippen molar-refractivity contribution in [2.45, 2.75) is 19.9 Å². The van der Waals surface area contributed by atoms with Gasteiger partial charge in [-0.3, -0.25) is 0 Å². The first-order valence-corrected chi connectivity index (χ1v) is 11.4. The number of hydrogen-bond donors (Lipinski definition) is 1. The number of nitrogens with one attached hydrogen (secondary N) is 1. The number of benzene rings is 2. The van der Waals surface area contributed by atoms with Gasteiger partial charge < -0.3 is 15.1 Å². The summed E-state index contributed by atoms with van der Waals surface area (Å²) in [5.74, 6) is 1.28. The van der Waals surface area contributed by atoms with Crippen molar-refractivity contribution in [1.29, 1.82) is 0 Å². The Hall–Kier alpha value is -3.59. The minimum absolute atomic E-state index is 0.226. The van der Waals surface area contributed by atoms with E-state index in [1.54, 1.807) is 0 Å². The van der Waals surface area contributed by atoms with Crippen LogP contribution in [0, 0.1) is 5.92 Å². The first-order valence-electron chi connectivity index (χ1n) is 11.0. The molecule has 8 nitrogen and oxygen atoms in total. The van der Waals surface area contributed by atoms with Gasteiger partial charge in [0.05, 0.1) is 17.4 Å². The van der Waals surface area contributed by atoms with Crippen molar-refractivity contribution in [1.82, 2.24) is 25.4 Å². The largest absolute Gasteiger partial charge is 0.351 e. The van der Waals surface area contributed by atoms with Gasteiger partial charge in [0.2, 0.25) is 0 Å². The summed E-state index contributed by atoms with van der Waals surface area (Å²) >= 11 is 5.81. The molecule has 0 bridgehead atoms. The van der Waals surface area contributed by atoms with E-state index in [1.807, 2.05) is 54.6 Å². The fourth-order valence-electron chi connectivity index (χ4n) is 4.19. The van der Waals surface area contributed by atoms with E-state index >= 15 is 0 Å². The van der Waals surface area contributed by atoms with E-state index in [0.717, 1.165) is 42.4 Å². The molecule has 9 heteroatoms. The highest BCUT2D eigenvalue weighted by Crippen LogP contribution is 2.25. The second kappa shape index (κ2) is 9.11. The number of rotatable bonds is 4. The van der Waals surface area contributed by atoms with Gasteiger partial charge in [-0.2, -0.15) is 0 Å². The number of thiocarbonyl (C=S) groups is 1. The van der Waals surface area contributed by atoms with Gasteiger partial charge >= 0.3 is 0 Å². The number of aromatic nitrogens is 4. The zero-order valence-corrected chi connectivity index (χ0v) is 19.4. The Morgan fingerprint density at radius 1 is 1.00 bits per heavy atom. The van der Waals surface area contributed by atoms with Crippen LogP contribution in [0.2, 0.25) is 0 Å². The van der Waals surface area contributed by atoms with Crippen molar-refractivity contribution in [2.75, 3.05) is 29.9 Å². The molecule has 33 heavy (non-hydrogen) atoms. The van der Waals surface area contributed by atoms with Gasteiger partial charge in [0.1, 0.15) is 5.52 Å². The van der Waals surface area contributed by atoms with Crippen molar-refractivity contribution < 1.29 is 4.63 Å². The van der Waals surface area contributed by atoms with Crippen LogP contribution in [0.5, 0.6) is 0 Å². The van der Waals surface area contributed by atoms with Gasteiger partial charge in [0, 0.05) is 25.2 Å². The summed E-state index contributed by atoms with van der Waals surface area (Å²) in [6.45, 7) is 6.84. The molecule has 1 atom stereocenters. The predicted molar refractivity (Wildman–Crippen MR) is 133 cm³/mol. The summed E-state index contributed by atoms with van der Waals surface area (Å²) in [5.41, 5.74) is 4.11. The summed E-state index contributed by atoms with van der Waals surface area (Å²) in [7, 11) is 0. The van der Waals surface area contributed by atoms with Gasteiger partial charge in [-0.05, 0) is 52.7 Å². The number of anilines is 2. The molecule has 4 aromatic rings. The molecule has 0 aliphatic carbocycles. The molecule has 0 amide bonds. The molecule has 1 N–H and O–H groups in total. The lowest BCUT2D eigenvalue weighted by molar-refractivity contribution is 0.227. The van der Waals surface area contributed by atoms with Crippen molar-refractivity contribution in [3.05, 3.63) is 60.7 Å². The molecule has 168 valence electrons. The average Bonchev–Trinajstić information content (AvgIpc) is 3.34. The average molecular weight is 460 g/mol. The maximum atomic E-state index is 5.81. The zero-order chi connectivity index (χ0) is 22.8. The quantitative estimate of drug-likeness (QED) is 0.451. The lowest BCUT2D eigenvalue weighted by Crippen LogP contribution is -2.58. The van der Waals surface area contributed by atoms with E-state index in [2.05, 4.69) is 55.5 Å².